The molecule has 6 nitrogen and oxygen atoms in total. The number of benzene rings is 14. The molecule has 0 saturated heterocycles. The van der Waals surface area contributed by atoms with E-state index in [-0.39, 0.29) is 0 Å². The van der Waals surface area contributed by atoms with Crippen molar-refractivity contribution in [2.24, 2.45) is 0 Å². The van der Waals surface area contributed by atoms with Crippen LogP contribution in [0.25, 0.3) is 66.1 Å². The zero-order valence-electron chi connectivity index (χ0n) is 51.0. The van der Waals surface area contributed by atoms with Crippen molar-refractivity contribution in [2.45, 2.75) is 0 Å². The average Bonchev–Trinajstić information content (AvgIpc) is 1.54. The van der Waals surface area contributed by atoms with Crippen molar-refractivity contribution < 1.29 is 18.3 Å². The Hall–Kier alpha value is -10.4. The molecular weight excluding hydrogens is 1220 g/mol. The quantitative estimate of drug-likeness (QED) is 0.0958. The highest BCUT2D eigenvalue weighted by molar-refractivity contribution is 7.86. The summed E-state index contributed by atoms with van der Waals surface area (Å²) in [6, 6.07) is 120. The smallest absolute Gasteiger partial charge is 0.171 e. The number of fused-ring (bicyclic) bond motifs is 6. The van der Waals surface area contributed by atoms with Crippen molar-refractivity contribution in [3.63, 3.8) is 0 Å². The maximum Gasteiger partial charge on any atom is 0.171 e. The van der Waals surface area contributed by atoms with Crippen LogP contribution in [0.1, 0.15) is 0 Å². The first-order valence-corrected chi connectivity index (χ1v) is 38.2. The number of hydrogen-bond donors (Lipinski definition) is 0. The summed E-state index contributed by atoms with van der Waals surface area (Å²) in [5.41, 5.74) is 7.59. The van der Waals surface area contributed by atoms with E-state index >= 15 is 18.3 Å². The van der Waals surface area contributed by atoms with E-state index in [2.05, 4.69) is 106 Å². The lowest BCUT2D eigenvalue weighted by atomic mass is 10.0. The van der Waals surface area contributed by atoms with E-state index in [1.165, 1.54) is 0 Å². The fourth-order valence-electron chi connectivity index (χ4n) is 13.8. The molecule has 16 rings (SSSR count). The second-order valence-corrected chi connectivity index (χ2v) is 34.8. The molecule has 14 aromatic carbocycles. The van der Waals surface area contributed by atoms with Crippen LogP contribution in [0, 0.1) is 0 Å². The summed E-state index contributed by atoms with van der Waals surface area (Å²) in [6.45, 7) is 0. The molecule has 0 aliphatic heterocycles. The van der Waals surface area contributed by atoms with Crippen LogP contribution in [0.5, 0.6) is 0 Å². The van der Waals surface area contributed by atoms with Crippen LogP contribution in [0.3, 0.4) is 0 Å². The van der Waals surface area contributed by atoms with Crippen LogP contribution in [0.15, 0.2) is 364 Å². The molecule has 0 amide bonds. The molecule has 94 heavy (non-hydrogen) atoms. The Labute approximate surface area is 546 Å². The highest BCUT2D eigenvalue weighted by Gasteiger charge is 2.35. The summed E-state index contributed by atoms with van der Waals surface area (Å²) in [4.78, 5) is 0. The predicted molar refractivity (Wildman–Crippen MR) is 398 cm³/mol. The third kappa shape index (κ3) is 9.71. The fourth-order valence-corrected chi connectivity index (χ4v) is 24.5. The molecule has 0 aliphatic carbocycles. The van der Waals surface area contributed by atoms with Gasteiger partial charge < -0.3 is 27.4 Å². The van der Waals surface area contributed by atoms with Gasteiger partial charge in [0.1, 0.15) is 0 Å². The Morgan fingerprint density at radius 1 is 0.170 bits per heavy atom. The van der Waals surface area contributed by atoms with E-state index in [0.717, 1.165) is 109 Å². The van der Waals surface area contributed by atoms with Gasteiger partial charge in [0.15, 0.2) is 28.6 Å². The molecule has 0 unspecified atom stereocenters. The van der Waals surface area contributed by atoms with E-state index in [4.69, 9.17) is 0 Å². The van der Waals surface area contributed by atoms with Crippen LogP contribution in [-0.2, 0) is 18.3 Å². The van der Waals surface area contributed by atoms with Gasteiger partial charge in [0.25, 0.3) is 0 Å². The molecule has 0 atom stereocenters. The first-order valence-electron chi connectivity index (χ1n) is 31.4. The zero-order valence-corrected chi connectivity index (χ0v) is 54.5. The van der Waals surface area contributed by atoms with Crippen LogP contribution in [0.2, 0.25) is 0 Å². The van der Waals surface area contributed by atoms with Gasteiger partial charge in [-0.05, 0) is 108 Å². The summed E-state index contributed by atoms with van der Waals surface area (Å²) in [5, 5.41) is 12.4. The Morgan fingerprint density at radius 3 is 0.511 bits per heavy atom. The van der Waals surface area contributed by atoms with Gasteiger partial charge >= 0.3 is 0 Å². The van der Waals surface area contributed by atoms with E-state index in [9.17, 15) is 0 Å². The molecule has 2 aromatic heterocycles. The van der Waals surface area contributed by atoms with Gasteiger partial charge in [0, 0.05) is 96.6 Å². The molecule has 0 N–H and O–H groups in total. The number of nitrogens with zero attached hydrogens (tertiary/aromatic N) is 2. The van der Waals surface area contributed by atoms with Crippen molar-refractivity contribution >= 4 is 136 Å². The number of hydrogen-bond acceptors (Lipinski definition) is 4. The zero-order chi connectivity index (χ0) is 63.4. The van der Waals surface area contributed by atoms with Gasteiger partial charge in [0.2, 0.25) is 0 Å². The third-order valence-electron chi connectivity index (χ3n) is 18.5. The lowest BCUT2D eigenvalue weighted by molar-refractivity contribution is 0.591. The summed E-state index contributed by atoms with van der Waals surface area (Å²) in [6.07, 6.45) is 0. The van der Waals surface area contributed by atoms with Crippen molar-refractivity contribution in [3.05, 3.63) is 364 Å². The van der Waals surface area contributed by atoms with E-state index in [1.54, 1.807) is 0 Å². The Balaban J connectivity index is 0.827. The second kappa shape index (κ2) is 23.9. The normalized spacial score (nSPS) is 12.2. The maximum absolute atomic E-state index is 16.0. The predicted octanol–water partition coefficient (Wildman–Crippen LogP) is 16.1. The second-order valence-electron chi connectivity index (χ2n) is 23.7. The summed E-state index contributed by atoms with van der Waals surface area (Å²) >= 11 is 0. The lowest BCUT2D eigenvalue weighted by Crippen LogP contribution is -2.25. The Kier molecular flexibility index (Phi) is 14.9. The van der Waals surface area contributed by atoms with Crippen LogP contribution in [0.4, 0.5) is 0 Å². The average molecular weight is 1290 g/mol. The largest absolute Gasteiger partial charge is 0.309 e. The number of rotatable bonds is 15. The molecule has 10 heteroatoms. The van der Waals surface area contributed by atoms with Gasteiger partial charge in [-0.2, -0.15) is 0 Å². The third-order valence-corrected chi connectivity index (χ3v) is 30.7. The molecule has 0 radical (unpaired) electrons. The van der Waals surface area contributed by atoms with Crippen molar-refractivity contribution in [3.8, 4) is 22.5 Å². The summed E-state index contributed by atoms with van der Waals surface area (Å²) < 4.78 is 68.7. The highest BCUT2D eigenvalue weighted by atomic mass is 31.2. The Bertz CT molecular complexity index is 4860. The highest BCUT2D eigenvalue weighted by Crippen LogP contribution is 2.49. The minimum atomic E-state index is -3.39. The van der Waals surface area contributed by atoms with E-state index in [0.29, 0.717) is 21.2 Å². The molecule has 2 heterocycles. The SMILES string of the molecule is O=P(c1ccccc1)(c1ccccc1)c1ccc2c(c1)c1cc(P(=O)(c3ccccc3)c3ccccc3)ccc1n2-c1ccc(-c2ccc(-n3c4ccc(P(=O)(c5ccccc5)c5ccccc5)cc4c4cc(P(=O)(c5ccccc5)c5ccccc5)ccc43)cc2)cc1. The fraction of sp³-hybridized carbons (Fsp3) is 0. The lowest BCUT2D eigenvalue weighted by Gasteiger charge is -2.20. The molecule has 450 valence electrons. The molecule has 0 fully saturated rings. The van der Waals surface area contributed by atoms with Crippen molar-refractivity contribution in [2.75, 3.05) is 0 Å². The van der Waals surface area contributed by atoms with Crippen LogP contribution >= 0.6 is 28.6 Å². The number of aromatic nitrogens is 2. The topological polar surface area (TPSA) is 78.1 Å². The molecule has 0 saturated carbocycles. The minimum Gasteiger partial charge on any atom is -0.309 e. The van der Waals surface area contributed by atoms with E-state index in [1.807, 2.05) is 267 Å². The van der Waals surface area contributed by atoms with Gasteiger partial charge in [-0.15, -0.1) is 0 Å². The molecule has 0 aliphatic rings. The maximum atomic E-state index is 16.0. The molecule has 16 aromatic rings. The summed E-state index contributed by atoms with van der Waals surface area (Å²) in [7, 11) is -13.6. The first kappa shape index (κ1) is 58.7. The standard InChI is InChI=1S/C84H60N2O4P4/c87-91(65-25-9-1-10-26-65,66-27-11-2-12-28-66)73-49-53-81-77(57-73)78-58-74(92(88,67-29-13-3-14-30-67)68-31-15-4-16-32-68)50-54-82(78)85(81)63-45-41-61(42-46-63)62-43-47-64(48-44-62)86-83-55-51-75(93(89,69-33-17-5-18-34-69)70-35-19-6-20-36-70)59-79(83)80-60-76(52-56-84(80)86)94(90,71-37-21-7-22-38-71)72-39-23-8-24-40-72/h1-60H. The van der Waals surface area contributed by atoms with Crippen molar-refractivity contribution in [1.82, 2.24) is 9.13 Å². The first-order chi connectivity index (χ1) is 46.1. The monoisotopic (exact) mass is 1280 g/mol. The van der Waals surface area contributed by atoms with Gasteiger partial charge in [-0.25, -0.2) is 0 Å². The van der Waals surface area contributed by atoms with Crippen LogP contribution < -0.4 is 63.7 Å². The minimum absolute atomic E-state index is 0.708. The van der Waals surface area contributed by atoms with Gasteiger partial charge in [-0.3, -0.25) is 0 Å². The van der Waals surface area contributed by atoms with Gasteiger partial charge in [-0.1, -0.05) is 267 Å². The van der Waals surface area contributed by atoms with Gasteiger partial charge in [0.05, 0.1) is 22.1 Å². The molecule has 0 bridgehead atoms. The van der Waals surface area contributed by atoms with E-state index < -0.39 is 28.6 Å². The van der Waals surface area contributed by atoms with Crippen molar-refractivity contribution in [1.29, 1.82) is 0 Å². The molecule has 0 spiro atoms. The molecular formula is C84H60N2O4P4. The Morgan fingerprint density at radius 2 is 0.340 bits per heavy atom. The van der Waals surface area contributed by atoms with Crippen LogP contribution in [-0.4, -0.2) is 9.13 Å². The summed E-state index contributed by atoms with van der Waals surface area (Å²) in [5.74, 6) is 0.